The number of aromatic nitrogens is 1. The zero-order chi connectivity index (χ0) is 16.4. The average molecular weight is 330 g/mol. The number of rotatable bonds is 3. The van der Waals surface area contributed by atoms with Crippen molar-refractivity contribution in [2.24, 2.45) is 0 Å². The van der Waals surface area contributed by atoms with Crippen molar-refractivity contribution in [3.8, 4) is 11.1 Å². The van der Waals surface area contributed by atoms with Crippen LogP contribution in [0, 0.1) is 0 Å². The van der Waals surface area contributed by atoms with Gasteiger partial charge in [-0.2, -0.15) is 0 Å². The maximum atomic E-state index is 6.37. The molecular formula is C22H16ClN. The van der Waals surface area contributed by atoms with E-state index in [9.17, 15) is 0 Å². The van der Waals surface area contributed by atoms with Crippen LogP contribution in [0.25, 0.3) is 22.0 Å². The molecule has 0 aliphatic carbocycles. The highest BCUT2D eigenvalue weighted by Crippen LogP contribution is 2.34. The van der Waals surface area contributed by atoms with Crippen LogP contribution in [-0.2, 0) is 6.42 Å². The summed E-state index contributed by atoms with van der Waals surface area (Å²) in [5.41, 5.74) is 5.75. The van der Waals surface area contributed by atoms with Gasteiger partial charge in [0, 0.05) is 11.6 Å². The van der Waals surface area contributed by atoms with E-state index in [4.69, 9.17) is 11.6 Å². The standard InChI is InChI=1S/C22H16ClN/c23-20-13-7-12-19-21(17-10-5-2-6-11-17)18(15-24-22(19)20)14-16-8-3-1-4-9-16/h1-13,15H,14H2. The Labute approximate surface area is 146 Å². The molecule has 4 rings (SSSR count). The lowest BCUT2D eigenvalue weighted by Gasteiger charge is -2.14. The van der Waals surface area contributed by atoms with Crippen molar-refractivity contribution in [1.82, 2.24) is 4.98 Å². The van der Waals surface area contributed by atoms with Gasteiger partial charge in [-0.1, -0.05) is 84.4 Å². The monoisotopic (exact) mass is 329 g/mol. The first kappa shape index (κ1) is 14.9. The lowest BCUT2D eigenvalue weighted by Crippen LogP contribution is -1.96. The van der Waals surface area contributed by atoms with Crippen molar-refractivity contribution >= 4 is 22.5 Å². The van der Waals surface area contributed by atoms with Crippen LogP contribution < -0.4 is 0 Å². The van der Waals surface area contributed by atoms with Crippen LogP contribution in [0.3, 0.4) is 0 Å². The molecule has 1 aromatic heterocycles. The molecule has 0 unspecified atom stereocenters. The summed E-state index contributed by atoms with van der Waals surface area (Å²) in [4.78, 5) is 4.63. The van der Waals surface area contributed by atoms with Crippen LogP contribution >= 0.6 is 11.6 Å². The molecule has 0 amide bonds. The number of halogens is 1. The molecule has 3 aromatic carbocycles. The van der Waals surface area contributed by atoms with E-state index in [2.05, 4.69) is 59.6 Å². The molecule has 0 fully saturated rings. The first-order valence-corrected chi connectivity index (χ1v) is 8.36. The average Bonchev–Trinajstić information content (AvgIpc) is 2.63. The molecule has 0 radical (unpaired) electrons. The van der Waals surface area contributed by atoms with Crippen molar-refractivity contribution in [2.45, 2.75) is 6.42 Å². The lowest BCUT2D eigenvalue weighted by atomic mass is 9.93. The molecule has 1 nitrogen and oxygen atoms in total. The molecule has 0 bridgehead atoms. The third-order valence-corrected chi connectivity index (χ3v) is 4.53. The minimum atomic E-state index is 0.691. The number of hydrogen-bond donors (Lipinski definition) is 0. The SMILES string of the molecule is Clc1cccc2c(-c3ccccc3)c(Cc3ccccc3)cnc12. The van der Waals surface area contributed by atoms with E-state index in [1.807, 2.05) is 30.5 Å². The zero-order valence-corrected chi connectivity index (χ0v) is 13.9. The quantitative estimate of drug-likeness (QED) is 0.439. The van der Waals surface area contributed by atoms with Gasteiger partial charge >= 0.3 is 0 Å². The Balaban J connectivity index is 1.96. The minimum Gasteiger partial charge on any atom is -0.254 e. The van der Waals surface area contributed by atoms with Crippen molar-refractivity contribution in [2.75, 3.05) is 0 Å². The molecule has 0 saturated carbocycles. The number of fused-ring (bicyclic) bond motifs is 1. The number of pyridine rings is 1. The van der Waals surface area contributed by atoms with E-state index >= 15 is 0 Å². The largest absolute Gasteiger partial charge is 0.254 e. The molecule has 4 aromatic rings. The van der Waals surface area contributed by atoms with Crippen LogP contribution in [0.15, 0.2) is 85.1 Å². The maximum Gasteiger partial charge on any atom is 0.0894 e. The van der Waals surface area contributed by atoms with Crippen LogP contribution in [0.1, 0.15) is 11.1 Å². The van der Waals surface area contributed by atoms with Gasteiger partial charge in [-0.15, -0.1) is 0 Å². The van der Waals surface area contributed by atoms with Gasteiger partial charge in [0.15, 0.2) is 0 Å². The first-order valence-electron chi connectivity index (χ1n) is 7.98. The second-order valence-corrected chi connectivity index (χ2v) is 6.23. The maximum absolute atomic E-state index is 6.37. The number of para-hydroxylation sites is 1. The third kappa shape index (κ3) is 2.79. The summed E-state index contributed by atoms with van der Waals surface area (Å²) in [5.74, 6) is 0. The smallest absolute Gasteiger partial charge is 0.0894 e. The highest BCUT2D eigenvalue weighted by Gasteiger charge is 2.13. The number of nitrogens with zero attached hydrogens (tertiary/aromatic N) is 1. The van der Waals surface area contributed by atoms with Crippen molar-refractivity contribution in [3.63, 3.8) is 0 Å². The fourth-order valence-electron chi connectivity index (χ4n) is 3.12. The Morgan fingerprint density at radius 3 is 2.21 bits per heavy atom. The summed E-state index contributed by atoms with van der Waals surface area (Å²) in [6, 6.07) is 26.9. The lowest BCUT2D eigenvalue weighted by molar-refractivity contribution is 1.17. The van der Waals surface area contributed by atoms with Crippen LogP contribution in [0.4, 0.5) is 0 Å². The summed E-state index contributed by atoms with van der Waals surface area (Å²) >= 11 is 6.37. The van der Waals surface area contributed by atoms with E-state index in [1.54, 1.807) is 0 Å². The van der Waals surface area contributed by atoms with Gasteiger partial charge in [0.25, 0.3) is 0 Å². The zero-order valence-electron chi connectivity index (χ0n) is 13.1. The second-order valence-electron chi connectivity index (χ2n) is 5.82. The predicted octanol–water partition coefficient (Wildman–Crippen LogP) is 6.15. The minimum absolute atomic E-state index is 0.691. The molecular weight excluding hydrogens is 314 g/mol. The highest BCUT2D eigenvalue weighted by atomic mass is 35.5. The van der Waals surface area contributed by atoms with E-state index in [0.29, 0.717) is 5.02 Å². The number of benzene rings is 3. The Morgan fingerprint density at radius 2 is 1.46 bits per heavy atom. The molecule has 1 heterocycles. The van der Waals surface area contributed by atoms with Gasteiger partial charge in [0.05, 0.1) is 10.5 Å². The second kappa shape index (κ2) is 6.46. The molecule has 24 heavy (non-hydrogen) atoms. The molecule has 0 spiro atoms. The predicted molar refractivity (Wildman–Crippen MR) is 101 cm³/mol. The molecule has 0 aliphatic rings. The highest BCUT2D eigenvalue weighted by molar-refractivity contribution is 6.35. The van der Waals surface area contributed by atoms with E-state index in [0.717, 1.165) is 17.3 Å². The van der Waals surface area contributed by atoms with Crippen LogP contribution in [0.2, 0.25) is 5.02 Å². The van der Waals surface area contributed by atoms with Gasteiger partial charge in [0.1, 0.15) is 0 Å². The molecule has 0 saturated heterocycles. The fraction of sp³-hybridized carbons (Fsp3) is 0.0455. The van der Waals surface area contributed by atoms with Gasteiger partial charge in [-0.3, -0.25) is 4.98 Å². The van der Waals surface area contributed by atoms with Gasteiger partial charge in [0.2, 0.25) is 0 Å². The van der Waals surface area contributed by atoms with E-state index in [-0.39, 0.29) is 0 Å². The summed E-state index contributed by atoms with van der Waals surface area (Å²) in [6.07, 6.45) is 2.81. The van der Waals surface area contributed by atoms with Crippen molar-refractivity contribution < 1.29 is 0 Å². The molecule has 2 heteroatoms. The third-order valence-electron chi connectivity index (χ3n) is 4.23. The first-order chi connectivity index (χ1) is 11.8. The topological polar surface area (TPSA) is 12.9 Å². The summed E-state index contributed by atoms with van der Waals surface area (Å²) < 4.78 is 0. The van der Waals surface area contributed by atoms with Crippen molar-refractivity contribution in [1.29, 1.82) is 0 Å². The van der Waals surface area contributed by atoms with Crippen LogP contribution in [0.5, 0.6) is 0 Å². The fourth-order valence-corrected chi connectivity index (χ4v) is 3.35. The summed E-state index contributed by atoms with van der Waals surface area (Å²) in [7, 11) is 0. The summed E-state index contributed by atoms with van der Waals surface area (Å²) in [6.45, 7) is 0. The normalized spacial score (nSPS) is 10.9. The van der Waals surface area contributed by atoms with Gasteiger partial charge in [-0.25, -0.2) is 0 Å². The number of hydrogen-bond acceptors (Lipinski definition) is 1. The Bertz CT molecular complexity index is 979. The van der Waals surface area contributed by atoms with Crippen molar-refractivity contribution in [3.05, 3.63) is 101 Å². The Morgan fingerprint density at radius 1 is 0.750 bits per heavy atom. The molecule has 0 atom stereocenters. The molecule has 0 N–H and O–H groups in total. The van der Waals surface area contributed by atoms with Gasteiger partial charge < -0.3 is 0 Å². The van der Waals surface area contributed by atoms with E-state index < -0.39 is 0 Å². The molecule has 116 valence electrons. The molecule has 0 aliphatic heterocycles. The Kier molecular flexibility index (Phi) is 4.02. The Hall–Kier alpha value is -2.64. The summed E-state index contributed by atoms with van der Waals surface area (Å²) in [5, 5.41) is 1.79. The van der Waals surface area contributed by atoms with E-state index in [1.165, 1.54) is 22.3 Å². The van der Waals surface area contributed by atoms with Crippen LogP contribution in [-0.4, -0.2) is 4.98 Å². The van der Waals surface area contributed by atoms with Gasteiger partial charge in [-0.05, 0) is 34.7 Å².